The van der Waals surface area contributed by atoms with Gasteiger partial charge in [-0.25, -0.2) is 17.5 Å². The van der Waals surface area contributed by atoms with Crippen LogP contribution in [-0.2, 0) is 10.0 Å². The van der Waals surface area contributed by atoms with Gasteiger partial charge < -0.3 is 0 Å². The predicted octanol–water partition coefficient (Wildman–Crippen LogP) is 2.57. The lowest BCUT2D eigenvalue weighted by Gasteiger charge is -2.07. The minimum atomic E-state index is -3.88. The minimum Gasteiger partial charge on any atom is -0.211 e. The van der Waals surface area contributed by atoms with E-state index in [0.717, 1.165) is 6.07 Å². The normalized spacial score (nSPS) is 11.0. The molecule has 0 saturated heterocycles. The van der Waals surface area contributed by atoms with E-state index in [0.29, 0.717) is 10.9 Å². The molecule has 0 bridgehead atoms. The fourth-order valence-corrected chi connectivity index (χ4v) is 2.64. The molecule has 0 unspecified atom stereocenters. The van der Waals surface area contributed by atoms with Crippen LogP contribution in [0.4, 0.5) is 4.39 Å². The van der Waals surface area contributed by atoms with Crippen molar-refractivity contribution in [2.24, 2.45) is 5.11 Å². The maximum Gasteiger partial charge on any atom is 0.243 e. The molecule has 0 aromatic heterocycles. The number of rotatable bonds is 6. The summed E-state index contributed by atoms with van der Waals surface area (Å²) in [4.78, 5) is 2.13. The zero-order chi connectivity index (χ0) is 13.6. The van der Waals surface area contributed by atoms with Crippen LogP contribution in [0.5, 0.6) is 0 Å². The van der Waals surface area contributed by atoms with Crippen LogP contribution in [0.3, 0.4) is 0 Å². The van der Waals surface area contributed by atoms with Gasteiger partial charge in [0, 0.05) is 22.5 Å². The Bertz CT molecular complexity index is 572. The van der Waals surface area contributed by atoms with Gasteiger partial charge >= 0.3 is 0 Å². The van der Waals surface area contributed by atoms with E-state index in [9.17, 15) is 12.8 Å². The van der Waals surface area contributed by atoms with Crippen molar-refractivity contribution in [2.45, 2.75) is 11.3 Å². The van der Waals surface area contributed by atoms with E-state index in [2.05, 4.69) is 30.7 Å². The maximum atomic E-state index is 13.5. The van der Waals surface area contributed by atoms with E-state index in [1.54, 1.807) is 0 Å². The van der Waals surface area contributed by atoms with E-state index in [1.807, 2.05) is 0 Å². The van der Waals surface area contributed by atoms with Gasteiger partial charge in [0.25, 0.3) is 0 Å². The Hall–Kier alpha value is -1.15. The molecule has 98 valence electrons. The van der Waals surface area contributed by atoms with Crippen molar-refractivity contribution >= 4 is 26.0 Å². The number of nitrogens with one attached hydrogen (secondary N) is 1. The summed E-state index contributed by atoms with van der Waals surface area (Å²) >= 11 is 3.04. The molecule has 1 N–H and O–H groups in total. The molecule has 0 spiro atoms. The fraction of sp³-hybridized carbons (Fsp3) is 0.333. The van der Waals surface area contributed by atoms with Gasteiger partial charge in [0.2, 0.25) is 10.0 Å². The quantitative estimate of drug-likeness (QED) is 0.374. The molecular formula is C9H10BrFN4O2S. The summed E-state index contributed by atoms with van der Waals surface area (Å²) in [7, 11) is -3.88. The maximum absolute atomic E-state index is 13.5. The van der Waals surface area contributed by atoms with Gasteiger partial charge in [-0.05, 0) is 30.2 Å². The molecule has 0 aliphatic carbocycles. The molecular weight excluding hydrogens is 327 g/mol. The first kappa shape index (κ1) is 14.9. The minimum absolute atomic E-state index is 0.0802. The van der Waals surface area contributed by atoms with Crippen molar-refractivity contribution < 1.29 is 12.8 Å². The molecule has 9 heteroatoms. The van der Waals surface area contributed by atoms with Crippen LogP contribution in [0.1, 0.15) is 6.42 Å². The molecule has 0 amide bonds. The Balaban J connectivity index is 2.71. The summed E-state index contributed by atoms with van der Waals surface area (Å²) in [6.07, 6.45) is 0.349. The number of hydrogen-bond donors (Lipinski definition) is 1. The van der Waals surface area contributed by atoms with E-state index in [4.69, 9.17) is 5.53 Å². The Morgan fingerprint density at radius 1 is 1.50 bits per heavy atom. The second-order valence-electron chi connectivity index (χ2n) is 3.28. The van der Waals surface area contributed by atoms with Gasteiger partial charge in [0.15, 0.2) is 0 Å². The monoisotopic (exact) mass is 336 g/mol. The van der Waals surface area contributed by atoms with Crippen molar-refractivity contribution in [3.63, 3.8) is 0 Å². The molecule has 18 heavy (non-hydrogen) atoms. The zero-order valence-electron chi connectivity index (χ0n) is 9.18. The zero-order valence-corrected chi connectivity index (χ0v) is 11.6. The number of nitrogens with zero attached hydrogens (tertiary/aromatic N) is 3. The Morgan fingerprint density at radius 3 is 2.83 bits per heavy atom. The Labute approximate surface area is 112 Å². The van der Waals surface area contributed by atoms with Gasteiger partial charge in [-0.2, -0.15) is 0 Å². The highest BCUT2D eigenvalue weighted by Gasteiger charge is 2.18. The van der Waals surface area contributed by atoms with E-state index in [-0.39, 0.29) is 13.1 Å². The summed E-state index contributed by atoms with van der Waals surface area (Å²) in [5, 5.41) is 3.26. The molecule has 6 nitrogen and oxygen atoms in total. The number of azide groups is 1. The second-order valence-corrected chi connectivity index (χ2v) is 5.93. The van der Waals surface area contributed by atoms with E-state index < -0.39 is 20.7 Å². The molecule has 0 atom stereocenters. The third-order valence-electron chi connectivity index (χ3n) is 1.97. The Kier molecular flexibility index (Phi) is 5.54. The topological polar surface area (TPSA) is 94.9 Å². The van der Waals surface area contributed by atoms with Crippen molar-refractivity contribution in [2.75, 3.05) is 13.1 Å². The van der Waals surface area contributed by atoms with Crippen LogP contribution < -0.4 is 4.72 Å². The fourth-order valence-electron chi connectivity index (χ4n) is 1.17. The van der Waals surface area contributed by atoms with Gasteiger partial charge in [0.1, 0.15) is 10.7 Å². The largest absolute Gasteiger partial charge is 0.243 e. The van der Waals surface area contributed by atoms with Crippen LogP contribution in [0, 0.1) is 5.82 Å². The smallest absolute Gasteiger partial charge is 0.211 e. The van der Waals surface area contributed by atoms with E-state index in [1.165, 1.54) is 12.1 Å². The molecule has 1 aromatic carbocycles. The van der Waals surface area contributed by atoms with Crippen molar-refractivity contribution in [1.82, 2.24) is 4.72 Å². The van der Waals surface area contributed by atoms with Gasteiger partial charge in [-0.1, -0.05) is 21.0 Å². The first-order valence-corrected chi connectivity index (χ1v) is 7.20. The Morgan fingerprint density at radius 2 is 2.22 bits per heavy atom. The summed E-state index contributed by atoms with van der Waals surface area (Å²) < 4.78 is 39.6. The SMILES string of the molecule is [N-]=[N+]=NCCCNS(=O)(=O)c1ccc(Br)cc1F. The number of halogens is 2. The van der Waals surface area contributed by atoms with Crippen LogP contribution >= 0.6 is 15.9 Å². The first-order chi connectivity index (χ1) is 8.47. The molecule has 0 fully saturated rings. The van der Waals surface area contributed by atoms with Gasteiger partial charge in [0.05, 0.1) is 0 Å². The van der Waals surface area contributed by atoms with Crippen LogP contribution in [0.25, 0.3) is 10.4 Å². The third kappa shape index (κ3) is 4.26. The number of hydrogen-bond acceptors (Lipinski definition) is 3. The summed E-state index contributed by atoms with van der Waals surface area (Å²) in [6.45, 7) is 0.263. The van der Waals surface area contributed by atoms with Gasteiger partial charge in [-0.3, -0.25) is 0 Å². The van der Waals surface area contributed by atoms with Crippen LogP contribution in [-0.4, -0.2) is 21.5 Å². The summed E-state index contributed by atoms with van der Waals surface area (Å²) in [6, 6.07) is 3.70. The molecule has 0 saturated carbocycles. The molecule has 0 heterocycles. The third-order valence-corrected chi connectivity index (χ3v) is 3.96. The summed E-state index contributed by atoms with van der Waals surface area (Å²) in [5.41, 5.74) is 8.03. The molecule has 0 radical (unpaired) electrons. The average Bonchev–Trinajstić information content (AvgIpc) is 2.28. The van der Waals surface area contributed by atoms with Crippen molar-refractivity contribution in [3.8, 4) is 0 Å². The molecule has 0 aliphatic rings. The van der Waals surface area contributed by atoms with E-state index >= 15 is 0 Å². The highest BCUT2D eigenvalue weighted by Crippen LogP contribution is 2.19. The van der Waals surface area contributed by atoms with Gasteiger partial charge in [-0.15, -0.1) is 0 Å². The van der Waals surface area contributed by atoms with Crippen molar-refractivity contribution in [1.29, 1.82) is 0 Å². The standard InChI is InChI=1S/C9H10BrFN4O2S/c10-7-2-3-9(8(11)6-7)18(16,17)14-5-1-4-13-15-12/h2-3,6,14H,1,4-5H2. The number of sulfonamides is 1. The molecule has 1 aromatic rings. The molecule has 0 aliphatic heterocycles. The summed E-state index contributed by atoms with van der Waals surface area (Å²) in [5.74, 6) is -0.827. The average molecular weight is 337 g/mol. The lowest BCUT2D eigenvalue weighted by molar-refractivity contribution is 0.555. The molecule has 1 rings (SSSR count). The lowest BCUT2D eigenvalue weighted by Crippen LogP contribution is -2.26. The lowest BCUT2D eigenvalue weighted by atomic mass is 10.3. The van der Waals surface area contributed by atoms with Crippen LogP contribution in [0.15, 0.2) is 32.7 Å². The highest BCUT2D eigenvalue weighted by molar-refractivity contribution is 9.10. The second kappa shape index (κ2) is 6.69. The highest BCUT2D eigenvalue weighted by atomic mass is 79.9. The first-order valence-electron chi connectivity index (χ1n) is 4.93. The number of benzene rings is 1. The predicted molar refractivity (Wildman–Crippen MR) is 67.9 cm³/mol. The van der Waals surface area contributed by atoms with Crippen LogP contribution in [0.2, 0.25) is 0 Å². The van der Waals surface area contributed by atoms with Crippen molar-refractivity contribution in [3.05, 3.63) is 38.9 Å².